The Morgan fingerprint density at radius 3 is 1.97 bits per heavy atom. The van der Waals surface area contributed by atoms with Crippen molar-refractivity contribution in [1.82, 2.24) is 9.80 Å². The number of carbonyl (C=O) groups excluding carboxylic acids is 2. The zero-order valence-corrected chi connectivity index (χ0v) is 18.1. The van der Waals surface area contributed by atoms with Gasteiger partial charge < -0.3 is 10.6 Å². The number of rotatable bonds is 6. The van der Waals surface area contributed by atoms with Crippen LogP contribution >= 0.6 is 0 Å². The van der Waals surface area contributed by atoms with Gasteiger partial charge in [-0.25, -0.2) is 0 Å². The minimum absolute atomic E-state index is 0.00509. The highest BCUT2D eigenvalue weighted by Gasteiger charge is 2.33. The largest absolute Gasteiger partial charge is 0.418 e. The predicted octanol–water partition coefficient (Wildman–Crippen LogP) is 3.52. The second-order valence-electron chi connectivity index (χ2n) is 7.99. The Morgan fingerprint density at radius 2 is 1.41 bits per heavy atom. The van der Waals surface area contributed by atoms with E-state index in [9.17, 15) is 22.8 Å². The summed E-state index contributed by atoms with van der Waals surface area (Å²) in [5, 5.41) is 5.26. The van der Waals surface area contributed by atoms with Crippen LogP contribution < -0.4 is 10.6 Å². The minimum atomic E-state index is -4.53. The number of alkyl halides is 3. The summed E-state index contributed by atoms with van der Waals surface area (Å²) in [6.07, 6.45) is -4.53. The molecular formula is C23H27F3N4O2. The SMILES string of the molecule is Cc1ccc(NC(=O)CN2CCN(CC(=O)Nc3ccccc3C(F)(F)F)CC2)cc1C. The van der Waals surface area contributed by atoms with E-state index in [0.717, 1.165) is 22.9 Å². The van der Waals surface area contributed by atoms with Crippen molar-refractivity contribution in [3.8, 4) is 0 Å². The lowest BCUT2D eigenvalue weighted by molar-refractivity contribution is -0.137. The van der Waals surface area contributed by atoms with Crippen molar-refractivity contribution in [2.45, 2.75) is 20.0 Å². The molecule has 0 bridgehead atoms. The Balaban J connectivity index is 1.44. The van der Waals surface area contributed by atoms with Crippen LogP contribution in [0.2, 0.25) is 0 Å². The highest BCUT2D eigenvalue weighted by atomic mass is 19.4. The minimum Gasteiger partial charge on any atom is -0.325 e. The number of halogens is 3. The molecule has 2 aromatic carbocycles. The van der Waals surface area contributed by atoms with Crippen LogP contribution in [-0.4, -0.2) is 60.9 Å². The van der Waals surface area contributed by atoms with Gasteiger partial charge in [0, 0.05) is 31.9 Å². The number of nitrogens with zero attached hydrogens (tertiary/aromatic N) is 2. The van der Waals surface area contributed by atoms with E-state index in [1.165, 1.54) is 18.2 Å². The van der Waals surface area contributed by atoms with E-state index in [1.807, 2.05) is 41.8 Å². The Bertz CT molecular complexity index is 970. The maximum absolute atomic E-state index is 13.1. The average molecular weight is 448 g/mol. The number of anilines is 2. The van der Waals surface area contributed by atoms with E-state index in [0.29, 0.717) is 26.2 Å². The molecule has 172 valence electrons. The Labute approximate surface area is 185 Å². The number of aryl methyl sites for hydroxylation is 2. The normalized spacial score (nSPS) is 15.4. The number of amides is 2. The molecule has 3 rings (SSSR count). The number of para-hydroxylation sites is 1. The van der Waals surface area contributed by atoms with Crippen LogP contribution in [0.15, 0.2) is 42.5 Å². The van der Waals surface area contributed by atoms with E-state index in [1.54, 1.807) is 0 Å². The molecule has 0 aliphatic carbocycles. The summed E-state index contributed by atoms with van der Waals surface area (Å²) in [5.41, 5.74) is 1.91. The molecule has 2 aromatic rings. The van der Waals surface area contributed by atoms with Gasteiger partial charge in [-0.15, -0.1) is 0 Å². The van der Waals surface area contributed by atoms with Gasteiger partial charge in [0.1, 0.15) is 0 Å². The van der Waals surface area contributed by atoms with Gasteiger partial charge in [0.2, 0.25) is 11.8 Å². The molecule has 1 aliphatic rings. The van der Waals surface area contributed by atoms with E-state index in [2.05, 4.69) is 10.6 Å². The molecule has 1 aliphatic heterocycles. The Hall–Kier alpha value is -2.91. The molecule has 1 heterocycles. The topological polar surface area (TPSA) is 64.7 Å². The standard InChI is InChI=1S/C23H27F3N4O2/c1-16-7-8-18(13-17(16)2)27-21(31)14-29-9-11-30(12-10-29)15-22(32)28-20-6-4-3-5-19(20)23(24,25)26/h3-8,13H,9-12,14-15H2,1-2H3,(H,27,31)(H,28,32). The van der Waals surface area contributed by atoms with Crippen LogP contribution in [0, 0.1) is 13.8 Å². The monoisotopic (exact) mass is 448 g/mol. The van der Waals surface area contributed by atoms with Gasteiger partial charge in [-0.2, -0.15) is 13.2 Å². The first-order chi connectivity index (χ1) is 15.1. The van der Waals surface area contributed by atoms with Gasteiger partial charge in [-0.3, -0.25) is 19.4 Å². The average Bonchev–Trinajstić information content (AvgIpc) is 2.72. The molecule has 0 radical (unpaired) electrons. The fourth-order valence-corrected chi connectivity index (χ4v) is 3.56. The molecule has 0 atom stereocenters. The second-order valence-corrected chi connectivity index (χ2v) is 7.99. The summed E-state index contributed by atoms with van der Waals surface area (Å²) in [7, 11) is 0. The van der Waals surface area contributed by atoms with Crippen LogP contribution in [-0.2, 0) is 15.8 Å². The molecule has 0 unspecified atom stereocenters. The molecule has 32 heavy (non-hydrogen) atoms. The zero-order chi connectivity index (χ0) is 23.3. The fraction of sp³-hybridized carbons (Fsp3) is 0.391. The van der Waals surface area contributed by atoms with Crippen molar-refractivity contribution in [2.75, 3.05) is 49.9 Å². The van der Waals surface area contributed by atoms with Crippen LogP contribution in [0.3, 0.4) is 0 Å². The molecule has 6 nitrogen and oxygen atoms in total. The van der Waals surface area contributed by atoms with Crippen LogP contribution in [0.4, 0.5) is 24.5 Å². The summed E-state index contributed by atoms with van der Waals surface area (Å²) < 4.78 is 39.2. The van der Waals surface area contributed by atoms with Gasteiger partial charge in [-0.05, 0) is 49.2 Å². The summed E-state index contributed by atoms with van der Waals surface area (Å²) in [4.78, 5) is 28.5. The summed E-state index contributed by atoms with van der Waals surface area (Å²) in [6.45, 7) is 6.51. The Morgan fingerprint density at radius 1 is 0.844 bits per heavy atom. The highest BCUT2D eigenvalue weighted by Crippen LogP contribution is 2.34. The van der Waals surface area contributed by atoms with Crippen molar-refractivity contribution < 1.29 is 22.8 Å². The summed E-state index contributed by atoms with van der Waals surface area (Å²) in [5.74, 6) is -0.606. The quantitative estimate of drug-likeness (QED) is 0.710. The maximum Gasteiger partial charge on any atom is 0.418 e. The first-order valence-corrected chi connectivity index (χ1v) is 10.4. The lowest BCUT2D eigenvalue weighted by Gasteiger charge is -2.33. The summed E-state index contributed by atoms with van der Waals surface area (Å²) >= 11 is 0. The van der Waals surface area contributed by atoms with E-state index in [4.69, 9.17) is 0 Å². The fourth-order valence-electron chi connectivity index (χ4n) is 3.56. The molecule has 9 heteroatoms. The third kappa shape index (κ3) is 6.54. The van der Waals surface area contributed by atoms with Gasteiger partial charge in [0.05, 0.1) is 24.3 Å². The highest BCUT2D eigenvalue weighted by molar-refractivity contribution is 5.93. The van der Waals surface area contributed by atoms with E-state index >= 15 is 0 Å². The number of hydrogen-bond donors (Lipinski definition) is 2. The molecule has 0 saturated carbocycles. The third-order valence-electron chi connectivity index (χ3n) is 5.50. The van der Waals surface area contributed by atoms with Crippen molar-refractivity contribution >= 4 is 23.2 Å². The number of nitrogens with one attached hydrogen (secondary N) is 2. The molecule has 1 fully saturated rings. The smallest absolute Gasteiger partial charge is 0.325 e. The van der Waals surface area contributed by atoms with Gasteiger partial charge in [0.25, 0.3) is 0 Å². The lowest BCUT2D eigenvalue weighted by Crippen LogP contribution is -2.50. The molecule has 0 aromatic heterocycles. The van der Waals surface area contributed by atoms with E-state index < -0.39 is 17.6 Å². The van der Waals surface area contributed by atoms with Gasteiger partial charge >= 0.3 is 6.18 Å². The van der Waals surface area contributed by atoms with Gasteiger partial charge in [0.15, 0.2) is 0 Å². The predicted molar refractivity (Wildman–Crippen MR) is 117 cm³/mol. The first kappa shape index (κ1) is 23.7. The molecule has 0 spiro atoms. The van der Waals surface area contributed by atoms with Crippen molar-refractivity contribution in [3.63, 3.8) is 0 Å². The third-order valence-corrected chi connectivity index (χ3v) is 5.50. The molecule has 1 saturated heterocycles. The number of benzene rings is 2. The number of carbonyl (C=O) groups is 2. The van der Waals surface area contributed by atoms with Crippen LogP contribution in [0.1, 0.15) is 16.7 Å². The first-order valence-electron chi connectivity index (χ1n) is 10.4. The van der Waals surface area contributed by atoms with Crippen LogP contribution in [0.25, 0.3) is 0 Å². The Kier molecular flexibility index (Phi) is 7.52. The molecule has 2 amide bonds. The van der Waals surface area contributed by atoms with Crippen molar-refractivity contribution in [2.24, 2.45) is 0 Å². The van der Waals surface area contributed by atoms with Crippen LogP contribution in [0.5, 0.6) is 0 Å². The van der Waals surface area contributed by atoms with Gasteiger partial charge in [-0.1, -0.05) is 18.2 Å². The molecular weight excluding hydrogens is 421 g/mol. The second kappa shape index (κ2) is 10.1. The van der Waals surface area contributed by atoms with Crippen molar-refractivity contribution in [3.05, 3.63) is 59.2 Å². The maximum atomic E-state index is 13.1. The molecule has 2 N–H and O–H groups in total. The lowest BCUT2D eigenvalue weighted by atomic mass is 10.1. The zero-order valence-electron chi connectivity index (χ0n) is 18.1. The number of piperazine rings is 1. The number of hydrogen-bond acceptors (Lipinski definition) is 4. The summed E-state index contributed by atoms with van der Waals surface area (Å²) in [6, 6.07) is 10.7. The van der Waals surface area contributed by atoms with Crippen molar-refractivity contribution in [1.29, 1.82) is 0 Å². The van der Waals surface area contributed by atoms with E-state index in [-0.39, 0.29) is 24.7 Å².